The number of benzene rings is 1. The number of aromatic hydroxyl groups is 1. The minimum atomic E-state index is -0.872. The number of pyridine rings is 1. The van der Waals surface area contributed by atoms with Gasteiger partial charge in [0.1, 0.15) is 24.0 Å². The Labute approximate surface area is 184 Å². The number of carbonyl (C=O) groups excluding carboxylic acids is 1. The minimum absolute atomic E-state index is 0.0665. The van der Waals surface area contributed by atoms with E-state index >= 15 is 0 Å². The molecule has 0 radical (unpaired) electrons. The number of hydrogen-bond acceptors (Lipinski definition) is 6. The number of halogens is 2. The molecule has 1 aromatic carbocycles. The molecule has 0 bridgehead atoms. The van der Waals surface area contributed by atoms with Gasteiger partial charge in [-0.2, -0.15) is 0 Å². The zero-order valence-electron chi connectivity index (χ0n) is 18.0. The SMILES string of the molecule is C=C(Cc1ccc(F)cc1F)C(=O)c1cn2c(c(O)c1=O)C(=C)N(CCOCC)CN2C. The number of fused-ring (bicyclic) bond motifs is 1. The maximum Gasteiger partial charge on any atom is 0.235 e. The van der Waals surface area contributed by atoms with Gasteiger partial charge < -0.3 is 14.7 Å². The van der Waals surface area contributed by atoms with E-state index < -0.39 is 28.6 Å². The van der Waals surface area contributed by atoms with Crippen LogP contribution in [0.4, 0.5) is 8.78 Å². The molecule has 0 fully saturated rings. The van der Waals surface area contributed by atoms with Crippen LogP contribution in [0.5, 0.6) is 5.75 Å². The lowest BCUT2D eigenvalue weighted by Gasteiger charge is -2.40. The summed E-state index contributed by atoms with van der Waals surface area (Å²) in [6.45, 7) is 11.4. The third-order valence-corrected chi connectivity index (χ3v) is 5.26. The average Bonchev–Trinajstić information content (AvgIpc) is 2.75. The van der Waals surface area contributed by atoms with E-state index in [2.05, 4.69) is 13.2 Å². The highest BCUT2D eigenvalue weighted by Gasteiger charge is 2.29. The highest BCUT2D eigenvalue weighted by atomic mass is 19.1. The Morgan fingerprint density at radius 3 is 2.69 bits per heavy atom. The first-order valence-corrected chi connectivity index (χ1v) is 10.0. The van der Waals surface area contributed by atoms with E-state index in [-0.39, 0.29) is 28.8 Å². The number of allylic oxidation sites excluding steroid dienone is 1. The minimum Gasteiger partial charge on any atom is -0.503 e. The van der Waals surface area contributed by atoms with Crippen molar-refractivity contribution in [2.45, 2.75) is 13.3 Å². The van der Waals surface area contributed by atoms with Crippen molar-refractivity contribution >= 4 is 11.5 Å². The van der Waals surface area contributed by atoms with Crippen molar-refractivity contribution in [1.29, 1.82) is 0 Å². The van der Waals surface area contributed by atoms with Crippen LogP contribution in [0.1, 0.15) is 28.5 Å². The van der Waals surface area contributed by atoms with Crippen LogP contribution >= 0.6 is 0 Å². The largest absolute Gasteiger partial charge is 0.503 e. The first-order valence-electron chi connectivity index (χ1n) is 10.0. The highest BCUT2D eigenvalue weighted by Crippen LogP contribution is 2.29. The van der Waals surface area contributed by atoms with Crippen LogP contribution in [0.2, 0.25) is 0 Å². The van der Waals surface area contributed by atoms with Crippen LogP contribution in [-0.2, 0) is 11.2 Å². The Bertz CT molecular complexity index is 1140. The van der Waals surface area contributed by atoms with Gasteiger partial charge in [-0.1, -0.05) is 19.2 Å². The Morgan fingerprint density at radius 1 is 1.31 bits per heavy atom. The summed E-state index contributed by atoms with van der Waals surface area (Å²) in [4.78, 5) is 27.6. The smallest absolute Gasteiger partial charge is 0.235 e. The molecule has 3 rings (SSSR count). The second-order valence-electron chi connectivity index (χ2n) is 7.46. The molecule has 2 heterocycles. The number of carbonyl (C=O) groups is 1. The van der Waals surface area contributed by atoms with Crippen LogP contribution in [-0.4, -0.2) is 53.9 Å². The molecule has 1 aromatic heterocycles. The summed E-state index contributed by atoms with van der Waals surface area (Å²) in [6, 6.07) is 3.01. The molecule has 2 aromatic rings. The zero-order chi connectivity index (χ0) is 23.6. The van der Waals surface area contributed by atoms with Crippen molar-refractivity contribution in [3.05, 3.63) is 81.8 Å². The molecule has 0 saturated heterocycles. The van der Waals surface area contributed by atoms with E-state index in [9.17, 15) is 23.5 Å². The Hall–Kier alpha value is -3.46. The first kappa shape index (κ1) is 23.2. The van der Waals surface area contributed by atoms with Gasteiger partial charge >= 0.3 is 0 Å². The fraction of sp³-hybridized carbons (Fsp3) is 0.304. The quantitative estimate of drug-likeness (QED) is 0.383. The van der Waals surface area contributed by atoms with Gasteiger partial charge in [-0.3, -0.25) is 19.3 Å². The lowest BCUT2D eigenvalue weighted by molar-refractivity contribution is 0.102. The number of hydrogen-bond donors (Lipinski definition) is 1. The molecule has 0 amide bonds. The third kappa shape index (κ3) is 4.43. The van der Waals surface area contributed by atoms with Gasteiger partial charge in [0, 0.05) is 38.9 Å². The lowest BCUT2D eigenvalue weighted by Crippen LogP contribution is -2.48. The predicted octanol–water partition coefficient (Wildman–Crippen LogP) is 2.66. The standard InChI is InChI=1S/C23H25F2N3O4/c1-5-32-9-8-27-13-26(4)28-12-18(22(30)23(31)20(28)15(27)3)21(29)14(2)10-16-6-7-17(24)11-19(16)25/h6-7,11-12,31H,2-3,5,8-10,13H2,1,4H3. The third-order valence-electron chi connectivity index (χ3n) is 5.26. The van der Waals surface area contributed by atoms with Crippen molar-refractivity contribution < 1.29 is 23.4 Å². The molecule has 0 spiro atoms. The molecule has 0 unspecified atom stereocenters. The molecule has 9 heteroatoms. The molecule has 0 atom stereocenters. The molecule has 7 nitrogen and oxygen atoms in total. The molecule has 1 N–H and O–H groups in total. The Balaban J connectivity index is 1.91. The van der Waals surface area contributed by atoms with Gasteiger partial charge in [0.2, 0.25) is 5.43 Å². The molecular formula is C23H25F2N3O4. The van der Waals surface area contributed by atoms with Crippen molar-refractivity contribution in [3.8, 4) is 5.75 Å². The van der Waals surface area contributed by atoms with Crippen molar-refractivity contribution in [2.24, 2.45) is 0 Å². The summed E-state index contributed by atoms with van der Waals surface area (Å²) in [5.74, 6) is -2.90. The summed E-state index contributed by atoms with van der Waals surface area (Å²) in [6.07, 6.45) is 1.11. The summed E-state index contributed by atoms with van der Waals surface area (Å²) < 4.78 is 33.9. The molecule has 0 aliphatic carbocycles. The van der Waals surface area contributed by atoms with E-state index in [1.807, 2.05) is 11.8 Å². The maximum atomic E-state index is 14.0. The number of rotatable bonds is 8. The average molecular weight is 445 g/mol. The van der Waals surface area contributed by atoms with Crippen molar-refractivity contribution in [3.63, 3.8) is 0 Å². The van der Waals surface area contributed by atoms with Crippen LogP contribution in [0.15, 0.2) is 47.9 Å². The van der Waals surface area contributed by atoms with E-state index in [0.717, 1.165) is 6.07 Å². The normalized spacial score (nSPS) is 13.3. The summed E-state index contributed by atoms with van der Waals surface area (Å²) in [5, 5.41) is 12.3. The number of nitrogens with zero attached hydrogens (tertiary/aromatic N) is 3. The topological polar surface area (TPSA) is 75.0 Å². The van der Waals surface area contributed by atoms with Crippen LogP contribution in [0.25, 0.3) is 5.70 Å². The summed E-state index contributed by atoms with van der Waals surface area (Å²) >= 11 is 0. The molecule has 0 saturated carbocycles. The molecule has 1 aliphatic heterocycles. The molecule has 1 aliphatic rings. The first-order chi connectivity index (χ1) is 15.1. The molecule has 32 heavy (non-hydrogen) atoms. The van der Waals surface area contributed by atoms with E-state index in [1.165, 1.54) is 16.9 Å². The monoisotopic (exact) mass is 445 g/mol. The lowest BCUT2D eigenvalue weighted by atomic mass is 9.98. The fourth-order valence-corrected chi connectivity index (χ4v) is 3.53. The van der Waals surface area contributed by atoms with Crippen LogP contribution < -0.4 is 10.4 Å². The number of aromatic nitrogens is 1. The van der Waals surface area contributed by atoms with Crippen LogP contribution in [0, 0.1) is 11.6 Å². The van der Waals surface area contributed by atoms with E-state index in [0.29, 0.717) is 38.2 Å². The van der Waals surface area contributed by atoms with Gasteiger partial charge in [0.25, 0.3) is 0 Å². The van der Waals surface area contributed by atoms with E-state index in [4.69, 9.17) is 4.74 Å². The fourth-order valence-electron chi connectivity index (χ4n) is 3.53. The Morgan fingerprint density at radius 2 is 2.03 bits per heavy atom. The Kier molecular flexibility index (Phi) is 6.78. The van der Waals surface area contributed by atoms with Crippen molar-refractivity contribution in [1.82, 2.24) is 9.58 Å². The highest BCUT2D eigenvalue weighted by molar-refractivity contribution is 6.08. The van der Waals surface area contributed by atoms with Gasteiger partial charge in [0.15, 0.2) is 11.5 Å². The van der Waals surface area contributed by atoms with E-state index in [1.54, 1.807) is 12.1 Å². The van der Waals surface area contributed by atoms with Gasteiger partial charge in [-0.05, 0) is 24.1 Å². The summed E-state index contributed by atoms with van der Waals surface area (Å²) in [7, 11) is 1.73. The van der Waals surface area contributed by atoms with Crippen LogP contribution in [0.3, 0.4) is 0 Å². The maximum absolute atomic E-state index is 14.0. The van der Waals surface area contributed by atoms with Crippen molar-refractivity contribution in [2.75, 3.05) is 38.5 Å². The molecule has 170 valence electrons. The second kappa shape index (κ2) is 9.35. The summed E-state index contributed by atoms with van der Waals surface area (Å²) in [5.41, 5.74) is -0.578. The van der Waals surface area contributed by atoms with Gasteiger partial charge in [-0.15, -0.1) is 0 Å². The molecular weight excluding hydrogens is 420 g/mol. The zero-order valence-corrected chi connectivity index (χ0v) is 18.0. The predicted molar refractivity (Wildman–Crippen MR) is 117 cm³/mol. The second-order valence-corrected chi connectivity index (χ2v) is 7.46. The van der Waals surface area contributed by atoms with Gasteiger partial charge in [0.05, 0.1) is 17.9 Å². The van der Waals surface area contributed by atoms with Gasteiger partial charge in [-0.25, -0.2) is 8.78 Å². The number of ketones is 1. The number of Topliss-reactive ketones (excluding diaryl/α,β-unsaturated/α-hetero) is 1. The number of ether oxygens (including phenoxy) is 1.